The van der Waals surface area contributed by atoms with Gasteiger partial charge < -0.3 is 10.6 Å². The summed E-state index contributed by atoms with van der Waals surface area (Å²) < 4.78 is 1.06. The van der Waals surface area contributed by atoms with Crippen LogP contribution in [-0.4, -0.2) is 16.5 Å². The van der Waals surface area contributed by atoms with E-state index in [4.69, 9.17) is 5.73 Å². The lowest BCUT2D eigenvalue weighted by Crippen LogP contribution is -2.26. The van der Waals surface area contributed by atoms with Crippen LogP contribution < -0.4 is 10.6 Å². The Bertz CT molecular complexity index is 544. The molecule has 0 unspecified atom stereocenters. The van der Waals surface area contributed by atoms with Crippen molar-refractivity contribution in [3.8, 4) is 0 Å². The van der Waals surface area contributed by atoms with Crippen molar-refractivity contribution < 1.29 is 0 Å². The van der Waals surface area contributed by atoms with Gasteiger partial charge in [-0.1, -0.05) is 25.1 Å². The first-order valence-corrected chi connectivity index (χ1v) is 7.34. The molecule has 0 atom stereocenters. The average molecular weight is 368 g/mol. The maximum atomic E-state index is 6.02. The van der Waals surface area contributed by atoms with Gasteiger partial charge in [-0.15, -0.1) is 0 Å². The first-order chi connectivity index (χ1) is 9.22. The maximum absolute atomic E-state index is 6.02. The summed E-state index contributed by atoms with van der Waals surface area (Å²) in [7, 11) is 0. The molecule has 0 aliphatic carbocycles. The van der Waals surface area contributed by atoms with Gasteiger partial charge >= 0.3 is 0 Å². The summed E-state index contributed by atoms with van der Waals surface area (Å²) in [5.74, 6) is 0.973. The van der Waals surface area contributed by atoms with Crippen LogP contribution in [0.25, 0.3) is 0 Å². The normalized spacial score (nSPS) is 10.4. The second-order valence-corrected chi connectivity index (χ2v) is 5.48. The third-order valence-electron chi connectivity index (χ3n) is 2.86. The van der Waals surface area contributed by atoms with Crippen LogP contribution in [0.5, 0.6) is 0 Å². The Kier molecular flexibility index (Phi) is 4.95. The van der Waals surface area contributed by atoms with Crippen LogP contribution in [0.1, 0.15) is 18.9 Å². The molecule has 19 heavy (non-hydrogen) atoms. The molecule has 0 amide bonds. The van der Waals surface area contributed by atoms with E-state index in [1.54, 1.807) is 6.33 Å². The van der Waals surface area contributed by atoms with Gasteiger partial charge in [-0.05, 0) is 40.6 Å². The van der Waals surface area contributed by atoms with Crippen LogP contribution in [0.3, 0.4) is 0 Å². The lowest BCUT2D eigenvalue weighted by Gasteiger charge is -2.24. The van der Waals surface area contributed by atoms with Crippen molar-refractivity contribution in [3.63, 3.8) is 0 Å². The fraction of sp³-hybridized carbons (Fsp3) is 0.286. The fourth-order valence-electron chi connectivity index (χ4n) is 1.95. The molecule has 1 aromatic carbocycles. The molecule has 0 fully saturated rings. The van der Waals surface area contributed by atoms with E-state index in [0.29, 0.717) is 0 Å². The third kappa shape index (κ3) is 3.56. The second kappa shape index (κ2) is 6.70. The minimum Gasteiger partial charge on any atom is -0.398 e. The first-order valence-electron chi connectivity index (χ1n) is 6.26. The third-order valence-corrected chi connectivity index (χ3v) is 3.62. The van der Waals surface area contributed by atoms with E-state index < -0.39 is 0 Å². The van der Waals surface area contributed by atoms with Crippen molar-refractivity contribution in [2.75, 3.05) is 17.2 Å². The molecule has 0 saturated carbocycles. The van der Waals surface area contributed by atoms with Crippen molar-refractivity contribution in [2.24, 2.45) is 0 Å². The van der Waals surface area contributed by atoms with Crippen LogP contribution in [0.15, 0.2) is 36.8 Å². The highest BCUT2D eigenvalue weighted by atomic mass is 127. The number of para-hydroxylation sites is 1. The summed E-state index contributed by atoms with van der Waals surface area (Å²) >= 11 is 2.27. The number of nitrogens with two attached hydrogens (primary N) is 1. The zero-order valence-electron chi connectivity index (χ0n) is 10.9. The lowest BCUT2D eigenvalue weighted by atomic mass is 10.1. The van der Waals surface area contributed by atoms with Gasteiger partial charge in [0.1, 0.15) is 12.1 Å². The number of hydrogen-bond donors (Lipinski definition) is 1. The quantitative estimate of drug-likeness (QED) is 0.651. The number of hydrogen-bond acceptors (Lipinski definition) is 4. The summed E-state index contributed by atoms with van der Waals surface area (Å²) in [5.41, 5.74) is 7.98. The predicted octanol–water partition coefficient (Wildman–Crippen LogP) is 3.08. The van der Waals surface area contributed by atoms with Crippen LogP contribution in [-0.2, 0) is 6.54 Å². The molecule has 4 nitrogen and oxygen atoms in total. The Hall–Kier alpha value is -1.37. The summed E-state index contributed by atoms with van der Waals surface area (Å²) in [6.45, 7) is 3.88. The topological polar surface area (TPSA) is 55.0 Å². The molecule has 1 heterocycles. The van der Waals surface area contributed by atoms with Crippen molar-refractivity contribution in [1.82, 2.24) is 9.97 Å². The first kappa shape index (κ1) is 14.0. The summed E-state index contributed by atoms with van der Waals surface area (Å²) in [6.07, 6.45) is 4.49. The standard InChI is InChI=1S/C14H17IN4/c1-2-7-19(14-12(15)8-17-10-18-14)9-11-5-3-4-6-13(11)16/h3-6,8,10H,2,7,9,16H2,1H3. The molecular formula is C14H17IN4. The molecule has 0 saturated heterocycles. The molecule has 5 heteroatoms. The SMILES string of the molecule is CCCN(Cc1ccccc1N)c1ncncc1I. The Labute approximate surface area is 127 Å². The highest BCUT2D eigenvalue weighted by Gasteiger charge is 2.12. The van der Waals surface area contributed by atoms with E-state index in [-0.39, 0.29) is 0 Å². The minimum atomic E-state index is 0.771. The van der Waals surface area contributed by atoms with Crippen molar-refractivity contribution in [1.29, 1.82) is 0 Å². The van der Waals surface area contributed by atoms with E-state index in [2.05, 4.69) is 50.4 Å². The van der Waals surface area contributed by atoms with E-state index in [0.717, 1.165) is 40.1 Å². The Morgan fingerprint density at radius 2 is 2.11 bits per heavy atom. The molecule has 2 N–H and O–H groups in total. The van der Waals surface area contributed by atoms with Gasteiger partial charge in [-0.25, -0.2) is 9.97 Å². The molecule has 0 aliphatic rings. The van der Waals surface area contributed by atoms with Gasteiger partial charge in [0.05, 0.1) is 3.57 Å². The molecule has 2 aromatic rings. The number of rotatable bonds is 5. The summed E-state index contributed by atoms with van der Waals surface area (Å²) in [6, 6.07) is 7.97. The molecule has 2 rings (SSSR count). The van der Waals surface area contributed by atoms with E-state index in [1.165, 1.54) is 0 Å². The van der Waals surface area contributed by atoms with Gasteiger partial charge in [0.15, 0.2) is 0 Å². The monoisotopic (exact) mass is 368 g/mol. The zero-order chi connectivity index (χ0) is 13.7. The molecule has 100 valence electrons. The van der Waals surface area contributed by atoms with Crippen molar-refractivity contribution in [3.05, 3.63) is 45.9 Å². The highest BCUT2D eigenvalue weighted by molar-refractivity contribution is 14.1. The second-order valence-electron chi connectivity index (χ2n) is 4.31. The fourth-order valence-corrected chi connectivity index (χ4v) is 2.59. The highest BCUT2D eigenvalue weighted by Crippen LogP contribution is 2.22. The molecule has 0 spiro atoms. The summed E-state index contributed by atoms with van der Waals surface area (Å²) in [5, 5.41) is 0. The van der Waals surface area contributed by atoms with Crippen LogP contribution in [0.4, 0.5) is 11.5 Å². The number of benzene rings is 1. The van der Waals surface area contributed by atoms with Crippen LogP contribution in [0, 0.1) is 3.57 Å². The van der Waals surface area contributed by atoms with Crippen molar-refractivity contribution in [2.45, 2.75) is 19.9 Å². The molecule has 0 bridgehead atoms. The van der Waals surface area contributed by atoms with Gasteiger partial charge in [-0.3, -0.25) is 0 Å². The number of nitrogen functional groups attached to an aromatic ring is 1. The summed E-state index contributed by atoms with van der Waals surface area (Å²) in [4.78, 5) is 10.7. The predicted molar refractivity (Wildman–Crippen MR) is 86.9 cm³/mol. The number of aromatic nitrogens is 2. The van der Waals surface area contributed by atoms with Gasteiger partial charge in [0, 0.05) is 25.0 Å². The van der Waals surface area contributed by atoms with Gasteiger partial charge in [0.2, 0.25) is 0 Å². The van der Waals surface area contributed by atoms with Gasteiger partial charge in [-0.2, -0.15) is 0 Å². The average Bonchev–Trinajstić information content (AvgIpc) is 2.41. The minimum absolute atomic E-state index is 0.771. The number of halogens is 1. The van der Waals surface area contributed by atoms with E-state index in [1.807, 2.05) is 24.4 Å². The molecule has 1 aromatic heterocycles. The number of nitrogens with zero attached hydrogens (tertiary/aromatic N) is 3. The molecular weight excluding hydrogens is 351 g/mol. The largest absolute Gasteiger partial charge is 0.398 e. The van der Waals surface area contributed by atoms with Crippen molar-refractivity contribution >= 4 is 34.1 Å². The van der Waals surface area contributed by atoms with Gasteiger partial charge in [0.25, 0.3) is 0 Å². The Morgan fingerprint density at radius 3 is 2.79 bits per heavy atom. The number of anilines is 2. The Balaban J connectivity index is 2.27. The molecule has 0 radical (unpaired) electrons. The van der Waals surface area contributed by atoms with E-state index >= 15 is 0 Å². The smallest absolute Gasteiger partial charge is 0.145 e. The van der Waals surface area contributed by atoms with Crippen LogP contribution >= 0.6 is 22.6 Å². The zero-order valence-corrected chi connectivity index (χ0v) is 13.0. The molecule has 0 aliphatic heterocycles. The van der Waals surface area contributed by atoms with Crippen LogP contribution in [0.2, 0.25) is 0 Å². The maximum Gasteiger partial charge on any atom is 0.145 e. The van der Waals surface area contributed by atoms with E-state index in [9.17, 15) is 0 Å². The lowest BCUT2D eigenvalue weighted by molar-refractivity contribution is 0.751. The Morgan fingerprint density at radius 1 is 1.32 bits per heavy atom.